The zero-order valence-electron chi connectivity index (χ0n) is 30.2. The Hall–Kier alpha value is -4.79. The zero-order valence-corrected chi connectivity index (χ0v) is 32.5. The molecule has 4 nitrogen and oxygen atoms in total. The van der Waals surface area contributed by atoms with Gasteiger partial charge < -0.3 is 9.52 Å². The number of aromatic hydroxyl groups is 1. The molecule has 260 valence electrons. The molecule has 0 aliphatic heterocycles. The molecule has 5 aromatic carbocycles. The van der Waals surface area contributed by atoms with E-state index in [1.165, 1.54) is 11.1 Å². The molecule has 5 heteroatoms. The standard InChI is InChI=1S/C46H43N2O2.Pt/c1-29(30-15-10-8-11-16-30)32-21-22-47-40(26-32)35-24-33(31-17-12-9-13-18-31)23-34(25-35)37-19-14-20-41-42(37)48-44(50-41)38-27-36(45(2,3)4)28-39(43(38)49)46(5,6)7;/h8-24,26-29,49H,1-7H3;/q-1;. The second kappa shape index (κ2) is 14.1. The van der Waals surface area contributed by atoms with Crippen LogP contribution in [-0.4, -0.2) is 15.1 Å². The van der Waals surface area contributed by atoms with Crippen molar-refractivity contribution in [2.24, 2.45) is 0 Å². The number of benzene rings is 5. The average Bonchev–Trinajstić information content (AvgIpc) is 3.55. The fourth-order valence-electron chi connectivity index (χ4n) is 6.53. The molecule has 0 saturated heterocycles. The topological polar surface area (TPSA) is 59.2 Å². The minimum atomic E-state index is -0.273. The van der Waals surface area contributed by atoms with Gasteiger partial charge in [-0.25, -0.2) is 4.98 Å². The van der Waals surface area contributed by atoms with Crippen LogP contribution in [0.15, 0.2) is 126 Å². The zero-order chi connectivity index (χ0) is 35.2. The summed E-state index contributed by atoms with van der Waals surface area (Å²) in [5.74, 6) is 0.809. The monoisotopic (exact) mass is 850 g/mol. The van der Waals surface area contributed by atoms with Gasteiger partial charge in [-0.05, 0) is 51.3 Å². The Bertz CT molecular complexity index is 2310. The third-order valence-corrected chi connectivity index (χ3v) is 9.56. The summed E-state index contributed by atoms with van der Waals surface area (Å²) in [6, 6.07) is 43.4. The molecular weight excluding hydrogens is 808 g/mol. The van der Waals surface area contributed by atoms with E-state index >= 15 is 0 Å². The molecule has 0 bridgehead atoms. The van der Waals surface area contributed by atoms with Crippen molar-refractivity contribution in [1.29, 1.82) is 0 Å². The van der Waals surface area contributed by atoms with E-state index in [2.05, 4.69) is 139 Å². The number of rotatable bonds is 6. The van der Waals surface area contributed by atoms with Crippen LogP contribution in [-0.2, 0) is 31.9 Å². The van der Waals surface area contributed by atoms with E-state index in [0.717, 1.165) is 44.6 Å². The molecule has 2 heterocycles. The molecule has 0 amide bonds. The first-order valence-electron chi connectivity index (χ1n) is 17.3. The predicted octanol–water partition coefficient (Wildman–Crippen LogP) is 12.1. The summed E-state index contributed by atoms with van der Waals surface area (Å²) < 4.78 is 6.45. The van der Waals surface area contributed by atoms with Crippen LogP contribution in [0.2, 0.25) is 0 Å². The van der Waals surface area contributed by atoms with Crippen LogP contribution in [0.3, 0.4) is 0 Å². The first-order valence-corrected chi connectivity index (χ1v) is 17.3. The molecule has 0 aliphatic rings. The van der Waals surface area contributed by atoms with Gasteiger partial charge in [0.15, 0.2) is 0 Å². The number of nitrogens with zero attached hydrogens (tertiary/aromatic N) is 2. The number of aromatic nitrogens is 2. The SMILES string of the molecule is CC(c1ccccc1)c1ccnc(-c2[c-]c(-c3cccc4oc(-c5cc(C(C)(C)C)cc(C(C)(C)C)c5O)nc34)cc(-c3ccccc3)c2)c1.[Pt]. The molecule has 0 radical (unpaired) electrons. The van der Waals surface area contributed by atoms with E-state index in [1.54, 1.807) is 0 Å². The van der Waals surface area contributed by atoms with Gasteiger partial charge in [0.1, 0.15) is 11.3 Å². The second-order valence-electron chi connectivity index (χ2n) is 15.3. The molecule has 1 N–H and O–H groups in total. The van der Waals surface area contributed by atoms with Crippen molar-refractivity contribution in [2.45, 2.75) is 65.2 Å². The maximum Gasteiger partial charge on any atom is 0.230 e. The van der Waals surface area contributed by atoms with Crippen LogP contribution >= 0.6 is 0 Å². The van der Waals surface area contributed by atoms with Gasteiger partial charge in [0.05, 0.1) is 11.1 Å². The minimum absolute atomic E-state index is 0. The van der Waals surface area contributed by atoms with E-state index in [9.17, 15) is 5.11 Å². The molecule has 0 spiro atoms. The van der Waals surface area contributed by atoms with E-state index in [0.29, 0.717) is 22.6 Å². The van der Waals surface area contributed by atoms with Crippen LogP contribution in [0.5, 0.6) is 5.75 Å². The number of para-hydroxylation sites is 1. The number of hydrogen-bond acceptors (Lipinski definition) is 4. The smallest absolute Gasteiger partial charge is 0.230 e. The Kier molecular flexibility index (Phi) is 9.94. The van der Waals surface area contributed by atoms with Crippen LogP contribution in [0.1, 0.15) is 76.6 Å². The first kappa shape index (κ1) is 36.0. The predicted molar refractivity (Wildman–Crippen MR) is 205 cm³/mol. The maximum absolute atomic E-state index is 11.6. The number of fused-ring (bicyclic) bond motifs is 1. The Balaban J connectivity index is 0.00000448. The number of hydrogen-bond donors (Lipinski definition) is 1. The van der Waals surface area contributed by atoms with Crippen molar-refractivity contribution in [1.82, 2.24) is 9.97 Å². The van der Waals surface area contributed by atoms with Gasteiger partial charge in [-0.3, -0.25) is 4.98 Å². The van der Waals surface area contributed by atoms with Crippen LogP contribution in [0, 0.1) is 6.07 Å². The van der Waals surface area contributed by atoms with Crippen molar-refractivity contribution >= 4 is 11.1 Å². The molecule has 7 rings (SSSR count). The summed E-state index contributed by atoms with van der Waals surface area (Å²) in [4.78, 5) is 9.91. The largest absolute Gasteiger partial charge is 0.507 e. The molecule has 51 heavy (non-hydrogen) atoms. The average molecular weight is 851 g/mol. The Morgan fingerprint density at radius 2 is 1.35 bits per heavy atom. The van der Waals surface area contributed by atoms with Crippen molar-refractivity contribution in [3.63, 3.8) is 0 Å². The molecule has 2 aromatic heterocycles. The summed E-state index contributed by atoms with van der Waals surface area (Å²) >= 11 is 0. The number of pyridine rings is 1. The normalized spacial score (nSPS) is 12.5. The summed E-state index contributed by atoms with van der Waals surface area (Å²) in [5.41, 5.74) is 11.7. The van der Waals surface area contributed by atoms with E-state index < -0.39 is 0 Å². The van der Waals surface area contributed by atoms with E-state index in [1.807, 2.05) is 36.5 Å². The van der Waals surface area contributed by atoms with E-state index in [4.69, 9.17) is 14.4 Å². The Labute approximate surface area is 315 Å². The third kappa shape index (κ3) is 7.34. The second-order valence-corrected chi connectivity index (χ2v) is 15.3. The molecular formula is C46H43N2O2Pt-. The molecule has 0 aliphatic carbocycles. The fraction of sp³-hybridized carbons (Fsp3) is 0.217. The summed E-state index contributed by atoms with van der Waals surface area (Å²) in [7, 11) is 0. The van der Waals surface area contributed by atoms with E-state index in [-0.39, 0.29) is 43.6 Å². The first-order chi connectivity index (χ1) is 23.9. The Morgan fingerprint density at radius 1 is 0.667 bits per heavy atom. The number of oxazole rings is 1. The Morgan fingerprint density at radius 3 is 2.04 bits per heavy atom. The molecule has 0 saturated carbocycles. The van der Waals surface area contributed by atoms with Gasteiger partial charge in [-0.2, -0.15) is 0 Å². The van der Waals surface area contributed by atoms with Crippen molar-refractivity contribution in [2.75, 3.05) is 0 Å². The van der Waals surface area contributed by atoms with Crippen LogP contribution in [0.25, 0.3) is 56.1 Å². The van der Waals surface area contributed by atoms with Crippen LogP contribution in [0.4, 0.5) is 0 Å². The fourth-order valence-corrected chi connectivity index (χ4v) is 6.53. The molecule has 7 aromatic rings. The minimum Gasteiger partial charge on any atom is -0.507 e. The van der Waals surface area contributed by atoms with Crippen molar-refractivity contribution in [3.8, 4) is 50.7 Å². The molecule has 1 unspecified atom stereocenters. The van der Waals surface area contributed by atoms with Gasteiger partial charge in [0.2, 0.25) is 5.89 Å². The van der Waals surface area contributed by atoms with Crippen molar-refractivity contribution < 1.29 is 30.6 Å². The summed E-state index contributed by atoms with van der Waals surface area (Å²) in [6.45, 7) is 15.1. The molecule has 1 atom stereocenters. The molecule has 0 fully saturated rings. The number of phenols is 1. The van der Waals surface area contributed by atoms with Gasteiger partial charge in [-0.15, -0.1) is 23.8 Å². The summed E-state index contributed by atoms with van der Waals surface area (Å²) in [6.07, 6.45) is 1.89. The van der Waals surface area contributed by atoms with Gasteiger partial charge in [0.25, 0.3) is 0 Å². The summed E-state index contributed by atoms with van der Waals surface area (Å²) in [5, 5.41) is 11.6. The number of phenolic OH excluding ortho intramolecular Hbond substituents is 1. The van der Waals surface area contributed by atoms with Gasteiger partial charge in [0, 0.05) is 44.4 Å². The van der Waals surface area contributed by atoms with Crippen molar-refractivity contribution in [3.05, 3.63) is 150 Å². The quantitative estimate of drug-likeness (QED) is 0.169. The van der Waals surface area contributed by atoms with Crippen LogP contribution < -0.4 is 0 Å². The third-order valence-electron chi connectivity index (χ3n) is 9.56. The van der Waals surface area contributed by atoms with Gasteiger partial charge in [-0.1, -0.05) is 150 Å². The maximum atomic E-state index is 11.6. The van der Waals surface area contributed by atoms with Gasteiger partial charge >= 0.3 is 0 Å².